The molecule has 0 spiro atoms. The molecule has 0 saturated carbocycles. The molecular weight excluding hydrogens is 324 g/mol. The largest absolute Gasteiger partial charge is 0.333 e. The molecule has 0 bridgehead atoms. The van der Waals surface area contributed by atoms with E-state index in [4.69, 9.17) is 11.6 Å². The molecule has 0 aliphatic carbocycles. The number of anilines is 1. The van der Waals surface area contributed by atoms with E-state index in [0.717, 1.165) is 11.1 Å². The van der Waals surface area contributed by atoms with Crippen LogP contribution in [0, 0.1) is 6.92 Å². The van der Waals surface area contributed by atoms with Gasteiger partial charge in [-0.1, -0.05) is 41.4 Å². The Morgan fingerprint density at radius 2 is 1.71 bits per heavy atom. The van der Waals surface area contributed by atoms with Gasteiger partial charge in [-0.2, -0.15) is 0 Å². The van der Waals surface area contributed by atoms with Crippen LogP contribution in [0.25, 0.3) is 6.08 Å². The number of nitrogens with zero attached hydrogens (tertiary/aromatic N) is 1. The number of halogens is 1. The summed E-state index contributed by atoms with van der Waals surface area (Å²) < 4.78 is 0. The van der Waals surface area contributed by atoms with Crippen LogP contribution in [0.4, 0.5) is 5.69 Å². The Balaban J connectivity index is 1.87. The van der Waals surface area contributed by atoms with Crippen LogP contribution in [0.3, 0.4) is 0 Å². The molecule has 24 heavy (non-hydrogen) atoms. The van der Waals surface area contributed by atoms with Gasteiger partial charge in [0.25, 0.3) is 0 Å². The summed E-state index contributed by atoms with van der Waals surface area (Å²) in [6.07, 6.45) is 3.19. The Morgan fingerprint density at radius 1 is 1.08 bits per heavy atom. The Bertz CT molecular complexity index is 737. The highest BCUT2D eigenvalue weighted by Gasteiger charge is 2.10. The van der Waals surface area contributed by atoms with Crippen molar-refractivity contribution >= 4 is 35.2 Å². The topological polar surface area (TPSA) is 49.4 Å². The highest BCUT2D eigenvalue weighted by molar-refractivity contribution is 6.30. The second kappa shape index (κ2) is 8.31. The number of carbonyl (C=O) groups excluding carboxylic acids is 2. The van der Waals surface area contributed by atoms with Crippen molar-refractivity contribution in [3.05, 3.63) is 70.8 Å². The van der Waals surface area contributed by atoms with Gasteiger partial charge in [-0.25, -0.2) is 0 Å². The molecule has 0 aliphatic heterocycles. The van der Waals surface area contributed by atoms with Crippen molar-refractivity contribution in [2.24, 2.45) is 0 Å². The van der Waals surface area contributed by atoms with E-state index in [1.807, 2.05) is 31.2 Å². The molecule has 0 atom stereocenters. The van der Waals surface area contributed by atoms with E-state index < -0.39 is 0 Å². The van der Waals surface area contributed by atoms with Crippen LogP contribution in [0.5, 0.6) is 0 Å². The van der Waals surface area contributed by atoms with Crippen molar-refractivity contribution in [1.29, 1.82) is 0 Å². The Labute approximate surface area is 146 Å². The summed E-state index contributed by atoms with van der Waals surface area (Å²) in [5, 5.41) is 3.32. The predicted molar refractivity (Wildman–Crippen MR) is 97.9 cm³/mol. The fraction of sp³-hybridized carbons (Fsp3) is 0.158. The molecule has 0 heterocycles. The third kappa shape index (κ3) is 5.56. The van der Waals surface area contributed by atoms with Gasteiger partial charge in [-0.3, -0.25) is 9.59 Å². The molecule has 0 aliphatic rings. The van der Waals surface area contributed by atoms with Crippen LogP contribution in [-0.4, -0.2) is 30.3 Å². The maximum absolute atomic E-state index is 12.1. The second-order valence-corrected chi connectivity index (χ2v) is 5.93. The zero-order valence-corrected chi connectivity index (χ0v) is 14.4. The first-order valence-corrected chi connectivity index (χ1v) is 7.87. The van der Waals surface area contributed by atoms with Crippen molar-refractivity contribution in [3.8, 4) is 0 Å². The van der Waals surface area contributed by atoms with E-state index >= 15 is 0 Å². The summed E-state index contributed by atoms with van der Waals surface area (Å²) >= 11 is 5.79. The van der Waals surface area contributed by atoms with E-state index in [0.29, 0.717) is 10.7 Å². The fourth-order valence-electron chi connectivity index (χ4n) is 2.00. The summed E-state index contributed by atoms with van der Waals surface area (Å²) in [4.78, 5) is 25.4. The summed E-state index contributed by atoms with van der Waals surface area (Å²) in [5.41, 5.74) is 2.74. The van der Waals surface area contributed by atoms with Crippen LogP contribution < -0.4 is 5.32 Å². The maximum atomic E-state index is 12.1. The van der Waals surface area contributed by atoms with Gasteiger partial charge in [-0.05, 0) is 42.8 Å². The summed E-state index contributed by atoms with van der Waals surface area (Å²) in [5.74, 6) is -0.501. The van der Waals surface area contributed by atoms with Crippen LogP contribution >= 0.6 is 11.6 Å². The number of likely N-dealkylation sites (N-methyl/N-ethyl adjacent to an activating group) is 1. The van der Waals surface area contributed by atoms with E-state index in [2.05, 4.69) is 5.32 Å². The molecule has 2 rings (SSSR count). The van der Waals surface area contributed by atoms with E-state index in [-0.39, 0.29) is 18.4 Å². The van der Waals surface area contributed by atoms with Crippen molar-refractivity contribution in [2.75, 3.05) is 18.9 Å². The molecule has 2 amide bonds. The smallest absolute Gasteiger partial charge is 0.246 e. The molecule has 2 aromatic carbocycles. The van der Waals surface area contributed by atoms with E-state index in [1.165, 1.54) is 11.0 Å². The molecule has 124 valence electrons. The lowest BCUT2D eigenvalue weighted by Gasteiger charge is -2.14. The Morgan fingerprint density at radius 3 is 2.33 bits per heavy atom. The second-order valence-electron chi connectivity index (χ2n) is 5.49. The number of rotatable bonds is 5. The maximum Gasteiger partial charge on any atom is 0.246 e. The molecule has 0 unspecified atom stereocenters. The van der Waals surface area contributed by atoms with Crippen molar-refractivity contribution < 1.29 is 9.59 Å². The van der Waals surface area contributed by atoms with Crippen LogP contribution in [0.15, 0.2) is 54.6 Å². The van der Waals surface area contributed by atoms with Crippen molar-refractivity contribution in [1.82, 2.24) is 4.90 Å². The number of nitrogens with one attached hydrogen (secondary N) is 1. The lowest BCUT2D eigenvalue weighted by molar-refractivity contribution is -0.129. The minimum Gasteiger partial charge on any atom is -0.333 e. The zero-order chi connectivity index (χ0) is 17.5. The average Bonchev–Trinajstić information content (AvgIpc) is 2.56. The Hall–Kier alpha value is -2.59. The Kier molecular flexibility index (Phi) is 6.15. The highest BCUT2D eigenvalue weighted by Crippen LogP contribution is 2.13. The monoisotopic (exact) mass is 342 g/mol. The van der Waals surface area contributed by atoms with Crippen LogP contribution in [0.2, 0.25) is 5.02 Å². The number of hydrogen-bond acceptors (Lipinski definition) is 2. The number of amides is 2. The van der Waals surface area contributed by atoms with Gasteiger partial charge in [-0.15, -0.1) is 0 Å². The number of hydrogen-bond donors (Lipinski definition) is 1. The molecule has 4 nitrogen and oxygen atoms in total. The molecule has 0 fully saturated rings. The van der Waals surface area contributed by atoms with Gasteiger partial charge in [0, 0.05) is 23.8 Å². The zero-order valence-electron chi connectivity index (χ0n) is 13.6. The van der Waals surface area contributed by atoms with Gasteiger partial charge in [0.05, 0.1) is 6.54 Å². The SMILES string of the molecule is Cc1ccc(/C=C/C(=O)N(C)CC(=O)Nc2ccc(Cl)cc2)cc1. The third-order valence-corrected chi connectivity index (χ3v) is 3.63. The quantitative estimate of drug-likeness (QED) is 0.841. The lowest BCUT2D eigenvalue weighted by Crippen LogP contribution is -2.33. The van der Waals surface area contributed by atoms with Gasteiger partial charge < -0.3 is 10.2 Å². The first-order chi connectivity index (χ1) is 11.4. The molecule has 1 N–H and O–H groups in total. The number of carbonyl (C=O) groups is 2. The number of aryl methyl sites for hydroxylation is 1. The first kappa shape index (κ1) is 17.8. The van der Waals surface area contributed by atoms with Gasteiger partial charge >= 0.3 is 0 Å². The molecular formula is C19H19ClN2O2. The average molecular weight is 343 g/mol. The normalized spacial score (nSPS) is 10.6. The van der Waals surface area contributed by atoms with Gasteiger partial charge in [0.1, 0.15) is 0 Å². The predicted octanol–water partition coefficient (Wildman–Crippen LogP) is 3.76. The summed E-state index contributed by atoms with van der Waals surface area (Å²) in [7, 11) is 1.59. The molecule has 2 aromatic rings. The summed E-state index contributed by atoms with van der Waals surface area (Å²) in [6, 6.07) is 14.6. The third-order valence-electron chi connectivity index (χ3n) is 3.38. The number of benzene rings is 2. The summed E-state index contributed by atoms with van der Waals surface area (Å²) in [6.45, 7) is 1.98. The molecule has 0 aromatic heterocycles. The minimum atomic E-state index is -0.267. The van der Waals surface area contributed by atoms with Gasteiger partial charge in [0.15, 0.2) is 0 Å². The molecule has 0 saturated heterocycles. The van der Waals surface area contributed by atoms with Crippen molar-refractivity contribution in [3.63, 3.8) is 0 Å². The lowest BCUT2D eigenvalue weighted by atomic mass is 10.1. The minimum absolute atomic E-state index is 0.0281. The van der Waals surface area contributed by atoms with Gasteiger partial charge in [0.2, 0.25) is 11.8 Å². The van der Waals surface area contributed by atoms with E-state index in [1.54, 1.807) is 37.4 Å². The fourth-order valence-corrected chi connectivity index (χ4v) is 2.13. The van der Waals surface area contributed by atoms with E-state index in [9.17, 15) is 9.59 Å². The standard InChI is InChI=1S/C19H19ClN2O2/c1-14-3-5-15(6-4-14)7-12-19(24)22(2)13-18(23)21-17-10-8-16(20)9-11-17/h3-12H,13H2,1-2H3,(H,21,23)/b12-7+. The molecule has 5 heteroatoms. The highest BCUT2D eigenvalue weighted by atomic mass is 35.5. The molecule has 0 radical (unpaired) electrons. The van der Waals surface area contributed by atoms with Crippen LogP contribution in [0.1, 0.15) is 11.1 Å². The van der Waals surface area contributed by atoms with Crippen LogP contribution in [-0.2, 0) is 9.59 Å². The van der Waals surface area contributed by atoms with Crippen molar-refractivity contribution in [2.45, 2.75) is 6.92 Å². The first-order valence-electron chi connectivity index (χ1n) is 7.49.